The molecule has 0 amide bonds. The van der Waals surface area contributed by atoms with Crippen LogP contribution in [0.1, 0.15) is 0 Å². The molecule has 0 heterocycles. The van der Waals surface area contributed by atoms with Crippen molar-refractivity contribution >= 4 is 23.5 Å². The molecule has 0 fully saturated rings. The first-order valence-electron chi connectivity index (χ1n) is 2.19. The molecule has 0 spiro atoms. The topological polar surface area (TPSA) is 259 Å². The minimum absolute atomic E-state index is 0. The van der Waals surface area contributed by atoms with Crippen molar-refractivity contribution in [2.75, 3.05) is 0 Å². The summed E-state index contributed by atoms with van der Waals surface area (Å²) in [6.07, 6.45) is 0. The van der Waals surface area contributed by atoms with Crippen molar-refractivity contribution in [2.45, 2.75) is 0 Å². The Morgan fingerprint density at radius 1 is 0.444 bits per heavy atom. The van der Waals surface area contributed by atoms with Crippen molar-refractivity contribution in [2.24, 2.45) is 0 Å². The third-order valence-corrected chi connectivity index (χ3v) is 0. The summed E-state index contributed by atoms with van der Waals surface area (Å²) in [4.78, 5) is 76.9. The quantitative estimate of drug-likeness (QED) is 0.238. The van der Waals surface area contributed by atoms with Crippen molar-refractivity contribution in [1.82, 2.24) is 0 Å². The Bertz CT molecular complexity index is 211. The van der Waals surface area contributed by atoms with Crippen LogP contribution in [0.2, 0.25) is 0 Å². The van der Waals surface area contributed by atoms with Crippen LogP contribution in [0, 0.1) is 0 Å². The van der Waals surface area contributed by atoms with Crippen LogP contribution < -0.4 is 44.0 Å². The van der Waals surface area contributed by atoms with Gasteiger partial charge in [0.05, 0.1) is 0 Å². The van der Waals surface area contributed by atoms with Gasteiger partial charge in [-0.1, -0.05) is 0 Å². The van der Waals surface area contributed by atoms with E-state index in [0.29, 0.717) is 0 Å². The zero-order valence-electron chi connectivity index (χ0n) is 8.10. The zero-order chi connectivity index (χ0) is 13.5. The van der Waals surface area contributed by atoms with Gasteiger partial charge in [0.1, 0.15) is 0 Å². The van der Waals surface area contributed by atoms with E-state index in [9.17, 15) is 0 Å². The van der Waals surface area contributed by atoms with Gasteiger partial charge in [-0.15, -0.1) is 0 Å². The van der Waals surface area contributed by atoms with E-state index >= 15 is 0 Å². The van der Waals surface area contributed by atoms with Crippen molar-refractivity contribution in [3.63, 3.8) is 0 Å². The minimum atomic E-state index is -5.39. The SMILES string of the molecule is O=P([O-])([O-])[O-].O=P([O-])([O-])[O-].O=P([O-])([O-])[O-].[V+5].[Zn+2].[Zn+2]. The Morgan fingerprint density at radius 3 is 0.444 bits per heavy atom. The van der Waals surface area contributed by atoms with Gasteiger partial charge in [0.25, 0.3) is 0 Å². The van der Waals surface area contributed by atoms with E-state index < -0.39 is 23.5 Å². The number of rotatable bonds is 0. The summed E-state index contributed by atoms with van der Waals surface area (Å²) in [6, 6.07) is 0. The third-order valence-electron chi connectivity index (χ3n) is 0. The van der Waals surface area contributed by atoms with E-state index in [-0.39, 0.29) is 57.5 Å². The largest absolute Gasteiger partial charge is 5.00 e. The van der Waals surface area contributed by atoms with Crippen LogP contribution in [0.4, 0.5) is 0 Å². The Kier molecular flexibility index (Phi) is 31.9. The van der Waals surface area contributed by atoms with Gasteiger partial charge in [0.15, 0.2) is 0 Å². The first kappa shape index (κ1) is 36.9. The average molecular weight is 467 g/mol. The molecule has 18 heteroatoms. The van der Waals surface area contributed by atoms with E-state index in [2.05, 4.69) is 0 Å². The summed E-state index contributed by atoms with van der Waals surface area (Å²) in [5.74, 6) is 0. The predicted octanol–water partition coefficient (Wildman–Crippen LogP) is -8.48. The number of hydrogen-bond donors (Lipinski definition) is 0. The second kappa shape index (κ2) is 15.5. The van der Waals surface area contributed by atoms with Crippen LogP contribution in [0.15, 0.2) is 0 Å². The molecule has 0 N–H and O–H groups in total. The van der Waals surface area contributed by atoms with E-state index in [1.807, 2.05) is 0 Å². The fourth-order valence-electron chi connectivity index (χ4n) is 0. The second-order valence-corrected chi connectivity index (χ2v) is 4.02. The van der Waals surface area contributed by atoms with Gasteiger partial charge in [-0.3, -0.25) is 0 Å². The Morgan fingerprint density at radius 2 is 0.444 bits per heavy atom. The molecule has 0 rings (SSSR count). The molecule has 0 aliphatic heterocycles. The fraction of sp³-hybridized carbons (Fsp3) is 0. The summed E-state index contributed by atoms with van der Waals surface area (Å²) in [5, 5.41) is 0. The van der Waals surface area contributed by atoms with Gasteiger partial charge >= 0.3 is 57.5 Å². The van der Waals surface area contributed by atoms with Gasteiger partial charge in [-0.2, -0.15) is 23.5 Å². The smallest absolute Gasteiger partial charge is 0.822 e. The normalized spacial score (nSPS) is 9.83. The molecule has 0 atom stereocenters. The fourth-order valence-corrected chi connectivity index (χ4v) is 0. The van der Waals surface area contributed by atoms with Crippen LogP contribution in [-0.4, -0.2) is 0 Å². The molecular weight excluding hydrogens is 467 g/mol. The van der Waals surface area contributed by atoms with Gasteiger partial charge in [0, 0.05) is 0 Å². The van der Waals surface area contributed by atoms with Crippen LogP contribution >= 0.6 is 23.5 Å². The van der Waals surface area contributed by atoms with Crippen molar-refractivity contribution in [1.29, 1.82) is 0 Å². The van der Waals surface area contributed by atoms with Crippen LogP contribution in [-0.2, 0) is 71.2 Å². The van der Waals surface area contributed by atoms with Gasteiger partial charge in [0.2, 0.25) is 0 Å². The molecule has 0 saturated carbocycles. The average Bonchev–Trinajstić information content (AvgIpc) is 1.41. The van der Waals surface area contributed by atoms with Gasteiger partial charge in [-0.25, -0.2) is 0 Å². The maximum atomic E-state index is 8.55. The second-order valence-electron chi connectivity index (χ2n) is 1.34. The molecule has 12 nitrogen and oxygen atoms in total. The van der Waals surface area contributed by atoms with Crippen LogP contribution in [0.25, 0.3) is 0 Å². The third kappa shape index (κ3) is 1150. The maximum absolute atomic E-state index is 8.55. The molecule has 0 aromatic carbocycles. The molecule has 0 aromatic rings. The molecule has 0 aliphatic rings. The first-order chi connectivity index (χ1) is 6.00. The zero-order valence-corrected chi connectivity index (χ0v) is 18.1. The first-order valence-corrected chi connectivity index (χ1v) is 6.57. The molecule has 18 heavy (non-hydrogen) atoms. The Hall–Kier alpha value is 2.16. The van der Waals surface area contributed by atoms with E-state index in [1.54, 1.807) is 0 Å². The van der Waals surface area contributed by atoms with Gasteiger partial charge < -0.3 is 57.7 Å². The summed E-state index contributed by atoms with van der Waals surface area (Å²) < 4.78 is 25.6. The summed E-state index contributed by atoms with van der Waals surface area (Å²) >= 11 is 0. The summed E-state index contributed by atoms with van der Waals surface area (Å²) in [7, 11) is -16.2. The number of hydrogen-bond acceptors (Lipinski definition) is 12. The van der Waals surface area contributed by atoms with Crippen molar-refractivity contribution in [3.05, 3.63) is 0 Å². The van der Waals surface area contributed by atoms with E-state index in [0.717, 1.165) is 0 Å². The van der Waals surface area contributed by atoms with Crippen molar-refractivity contribution in [3.8, 4) is 0 Å². The Balaban J connectivity index is -0.0000000277. The molecule has 96 valence electrons. The number of phosphoric acid groups is 3. The van der Waals surface area contributed by atoms with Gasteiger partial charge in [-0.05, 0) is 0 Å². The van der Waals surface area contributed by atoms with E-state index in [1.165, 1.54) is 0 Å². The van der Waals surface area contributed by atoms with Crippen LogP contribution in [0.3, 0.4) is 0 Å². The molecule has 0 saturated heterocycles. The standard InChI is InChI=1S/3H3O4P.V.2Zn/c3*1-5(2,3)4;;;/h3*(H3,1,2,3,4);;;/q;;;+5;2*+2/p-9. The molecule has 0 unspecified atom stereocenters. The molecule has 0 bridgehead atoms. The summed E-state index contributed by atoms with van der Waals surface area (Å²) in [5.41, 5.74) is 0. The Labute approximate surface area is 138 Å². The molecular formula is O12P3VZn2. The summed E-state index contributed by atoms with van der Waals surface area (Å²) in [6.45, 7) is 0. The maximum Gasteiger partial charge on any atom is 5.00 e. The molecule has 0 radical (unpaired) electrons. The van der Waals surface area contributed by atoms with Crippen LogP contribution in [0.5, 0.6) is 0 Å². The van der Waals surface area contributed by atoms with E-state index in [4.69, 9.17) is 57.7 Å². The minimum Gasteiger partial charge on any atom is -0.822 e. The predicted molar refractivity (Wildman–Crippen MR) is 22.8 cm³/mol. The molecule has 0 aromatic heterocycles. The van der Waals surface area contributed by atoms with Crippen molar-refractivity contribution < 1.29 is 115 Å². The molecule has 0 aliphatic carbocycles. The monoisotopic (exact) mass is 464 g/mol.